The molecule has 9 heteroatoms. The van der Waals surface area contributed by atoms with Crippen molar-refractivity contribution in [1.29, 1.82) is 0 Å². The molecule has 0 aliphatic carbocycles. The Hall–Kier alpha value is -2.97. The topological polar surface area (TPSA) is 114 Å². The fourth-order valence-corrected chi connectivity index (χ4v) is 1.97. The molecule has 2 heterocycles. The molecule has 0 saturated carbocycles. The zero-order chi connectivity index (χ0) is 18.1. The average molecular weight is 345 g/mol. The van der Waals surface area contributed by atoms with E-state index in [9.17, 15) is 4.79 Å². The van der Waals surface area contributed by atoms with Crippen LogP contribution < -0.4 is 20.7 Å². The summed E-state index contributed by atoms with van der Waals surface area (Å²) in [5.41, 5.74) is 1.65. The average Bonchev–Trinajstić information content (AvgIpc) is 2.57. The first-order valence-corrected chi connectivity index (χ1v) is 8.09. The van der Waals surface area contributed by atoms with Crippen molar-refractivity contribution in [3.05, 3.63) is 29.7 Å². The van der Waals surface area contributed by atoms with Crippen LogP contribution in [0, 0.1) is 13.8 Å². The normalized spacial score (nSPS) is 10.2. The van der Waals surface area contributed by atoms with Gasteiger partial charge in [0.1, 0.15) is 5.82 Å². The van der Waals surface area contributed by atoms with E-state index in [2.05, 4.69) is 35.9 Å². The summed E-state index contributed by atoms with van der Waals surface area (Å²) in [5.74, 6) is 1.06. The largest absolute Gasteiger partial charge is 0.453 e. The predicted molar refractivity (Wildman–Crippen MR) is 94.7 cm³/mol. The first-order valence-electron chi connectivity index (χ1n) is 8.09. The van der Waals surface area contributed by atoms with E-state index in [-0.39, 0.29) is 18.5 Å². The molecule has 0 atom stereocenters. The van der Waals surface area contributed by atoms with Gasteiger partial charge in [-0.1, -0.05) is 0 Å². The minimum absolute atomic E-state index is 0.124. The summed E-state index contributed by atoms with van der Waals surface area (Å²) in [6, 6.07) is 3.80. The fraction of sp³-hybridized carbons (Fsp3) is 0.438. The van der Waals surface area contributed by atoms with Crippen LogP contribution in [-0.2, 0) is 4.79 Å². The lowest BCUT2D eigenvalue weighted by atomic mass is 10.4. The Labute approximate surface area is 146 Å². The highest BCUT2D eigenvalue weighted by Gasteiger charge is 2.05. The summed E-state index contributed by atoms with van der Waals surface area (Å²) in [6.45, 7) is 7.32. The number of hydrogen-bond donors (Lipinski definition) is 3. The van der Waals surface area contributed by atoms with Gasteiger partial charge in [0, 0.05) is 43.3 Å². The Bertz CT molecular complexity index is 709. The number of hydrogen-bond acceptors (Lipinski definition) is 8. The second kappa shape index (κ2) is 9.36. The van der Waals surface area contributed by atoms with Gasteiger partial charge in [-0.05, 0) is 26.8 Å². The zero-order valence-corrected chi connectivity index (χ0v) is 14.7. The molecule has 25 heavy (non-hydrogen) atoms. The van der Waals surface area contributed by atoms with Crippen molar-refractivity contribution >= 4 is 17.7 Å². The minimum Gasteiger partial charge on any atom is -0.453 e. The molecule has 1 amide bonds. The smallest absolute Gasteiger partial charge is 0.317 e. The van der Waals surface area contributed by atoms with Crippen LogP contribution in [0.25, 0.3) is 0 Å². The number of nitrogens with zero attached hydrogens (tertiary/aromatic N) is 4. The summed E-state index contributed by atoms with van der Waals surface area (Å²) >= 11 is 0. The third-order valence-electron chi connectivity index (χ3n) is 3.05. The molecule has 2 rings (SSSR count). The van der Waals surface area contributed by atoms with E-state index in [1.807, 2.05) is 26.8 Å². The lowest BCUT2D eigenvalue weighted by molar-refractivity contribution is -0.123. The number of ether oxygens (including phenoxy) is 1. The van der Waals surface area contributed by atoms with Gasteiger partial charge >= 0.3 is 6.01 Å². The Balaban J connectivity index is 1.69. The number of amides is 1. The molecule has 0 saturated heterocycles. The number of aryl methyl sites for hydroxylation is 2. The van der Waals surface area contributed by atoms with E-state index in [1.165, 1.54) is 0 Å². The van der Waals surface area contributed by atoms with E-state index >= 15 is 0 Å². The van der Waals surface area contributed by atoms with Crippen LogP contribution in [0.5, 0.6) is 6.01 Å². The van der Waals surface area contributed by atoms with Gasteiger partial charge in [-0.25, -0.2) is 15.0 Å². The van der Waals surface area contributed by atoms with Crippen LogP contribution in [0.3, 0.4) is 0 Å². The van der Waals surface area contributed by atoms with E-state index < -0.39 is 0 Å². The van der Waals surface area contributed by atoms with Gasteiger partial charge in [0.25, 0.3) is 5.91 Å². The van der Waals surface area contributed by atoms with Gasteiger partial charge in [-0.2, -0.15) is 4.98 Å². The maximum Gasteiger partial charge on any atom is 0.317 e. The summed E-state index contributed by atoms with van der Waals surface area (Å²) in [7, 11) is 0. The number of anilines is 2. The molecule has 134 valence electrons. The highest BCUT2D eigenvalue weighted by molar-refractivity contribution is 5.77. The molecule has 2 aromatic rings. The van der Waals surface area contributed by atoms with E-state index in [4.69, 9.17) is 4.74 Å². The summed E-state index contributed by atoms with van der Waals surface area (Å²) in [6.07, 6.45) is 1.59. The highest BCUT2D eigenvalue weighted by atomic mass is 16.5. The first-order chi connectivity index (χ1) is 12.1. The third kappa shape index (κ3) is 6.58. The molecule has 0 unspecified atom stereocenters. The molecule has 0 radical (unpaired) electrons. The molecule has 0 aliphatic rings. The maximum atomic E-state index is 11.8. The predicted octanol–water partition coefficient (Wildman–Crippen LogP) is 0.922. The molecule has 0 bridgehead atoms. The molecular formula is C16H23N7O2. The van der Waals surface area contributed by atoms with Crippen molar-refractivity contribution in [2.45, 2.75) is 20.8 Å². The maximum absolute atomic E-state index is 11.8. The summed E-state index contributed by atoms with van der Waals surface area (Å²) in [4.78, 5) is 28.4. The molecule has 0 aliphatic heterocycles. The number of carbonyl (C=O) groups excluding carboxylic acids is 1. The van der Waals surface area contributed by atoms with Crippen molar-refractivity contribution in [3.8, 4) is 6.01 Å². The number of rotatable bonds is 9. The molecule has 0 aromatic carbocycles. The van der Waals surface area contributed by atoms with Crippen LogP contribution >= 0.6 is 0 Å². The molecule has 2 aromatic heterocycles. The van der Waals surface area contributed by atoms with Crippen molar-refractivity contribution in [2.75, 3.05) is 36.9 Å². The highest BCUT2D eigenvalue weighted by Crippen LogP contribution is 2.08. The van der Waals surface area contributed by atoms with Crippen LogP contribution in [0.1, 0.15) is 18.3 Å². The Morgan fingerprint density at radius 1 is 1.12 bits per heavy atom. The molecule has 0 spiro atoms. The van der Waals surface area contributed by atoms with Gasteiger partial charge in [0.05, 0.1) is 0 Å². The Kier molecular flexibility index (Phi) is 6.87. The fourth-order valence-electron chi connectivity index (χ4n) is 1.97. The van der Waals surface area contributed by atoms with E-state index in [0.717, 1.165) is 17.9 Å². The number of aromatic nitrogens is 4. The van der Waals surface area contributed by atoms with Gasteiger partial charge < -0.3 is 20.7 Å². The van der Waals surface area contributed by atoms with Crippen molar-refractivity contribution in [1.82, 2.24) is 25.3 Å². The standard InChI is InChI=1S/C16H23N7O2/c1-4-17-15-21-12(3)9-13(23-15)18-7-8-19-14(24)10-25-16-20-6-5-11(2)22-16/h5-6,9H,4,7-8,10H2,1-3H3,(H,19,24)(H2,17,18,21,23). The van der Waals surface area contributed by atoms with Crippen molar-refractivity contribution in [2.24, 2.45) is 0 Å². The lowest BCUT2D eigenvalue weighted by Gasteiger charge is -2.10. The molecule has 0 fully saturated rings. The van der Waals surface area contributed by atoms with Crippen LogP contribution in [-0.4, -0.2) is 52.1 Å². The van der Waals surface area contributed by atoms with Gasteiger partial charge in [-0.3, -0.25) is 4.79 Å². The Morgan fingerprint density at radius 3 is 2.72 bits per heavy atom. The number of carbonyl (C=O) groups is 1. The minimum atomic E-state index is -0.237. The van der Waals surface area contributed by atoms with E-state index in [0.29, 0.717) is 24.9 Å². The summed E-state index contributed by atoms with van der Waals surface area (Å²) in [5, 5.41) is 8.97. The second-order valence-corrected chi connectivity index (χ2v) is 5.29. The second-order valence-electron chi connectivity index (χ2n) is 5.29. The first kappa shape index (κ1) is 18.4. The van der Waals surface area contributed by atoms with Crippen LogP contribution in [0.2, 0.25) is 0 Å². The van der Waals surface area contributed by atoms with Crippen molar-refractivity contribution in [3.63, 3.8) is 0 Å². The molecule has 9 nitrogen and oxygen atoms in total. The molecular weight excluding hydrogens is 322 g/mol. The number of nitrogens with one attached hydrogen (secondary N) is 3. The zero-order valence-electron chi connectivity index (χ0n) is 14.7. The summed E-state index contributed by atoms with van der Waals surface area (Å²) < 4.78 is 5.24. The Morgan fingerprint density at radius 2 is 1.96 bits per heavy atom. The monoisotopic (exact) mass is 345 g/mol. The molecule has 3 N–H and O–H groups in total. The van der Waals surface area contributed by atoms with Gasteiger partial charge in [-0.15, -0.1) is 0 Å². The van der Waals surface area contributed by atoms with E-state index in [1.54, 1.807) is 12.3 Å². The van der Waals surface area contributed by atoms with Gasteiger partial charge in [0.2, 0.25) is 5.95 Å². The third-order valence-corrected chi connectivity index (χ3v) is 3.05. The SMILES string of the molecule is CCNc1nc(C)cc(NCCNC(=O)COc2nccc(C)n2)n1. The van der Waals surface area contributed by atoms with Crippen LogP contribution in [0.15, 0.2) is 18.3 Å². The van der Waals surface area contributed by atoms with Crippen molar-refractivity contribution < 1.29 is 9.53 Å². The lowest BCUT2D eigenvalue weighted by Crippen LogP contribution is -2.33. The quantitative estimate of drug-likeness (QED) is 0.575. The van der Waals surface area contributed by atoms with Crippen LogP contribution in [0.4, 0.5) is 11.8 Å². The van der Waals surface area contributed by atoms with Gasteiger partial charge in [0.15, 0.2) is 6.61 Å².